The second-order valence-electron chi connectivity index (χ2n) is 22.3. The monoisotopic (exact) mass is 1020 g/mol. The first kappa shape index (κ1) is 69.8. The molecule has 9 heteroatoms. The van der Waals surface area contributed by atoms with E-state index < -0.39 is 0 Å². The van der Waals surface area contributed by atoms with Gasteiger partial charge in [0.25, 0.3) is 0 Å². The van der Waals surface area contributed by atoms with Crippen molar-refractivity contribution in [2.75, 3.05) is 47.0 Å². The number of hydrogen-bond donors (Lipinski definition) is 0. The molecule has 0 fully saturated rings. The van der Waals surface area contributed by atoms with E-state index >= 15 is 0 Å². The molecule has 0 spiro atoms. The molecule has 0 aliphatic heterocycles. The highest BCUT2D eigenvalue weighted by molar-refractivity contribution is 5.76. The number of esters is 3. The summed E-state index contributed by atoms with van der Waals surface area (Å²) in [6, 6.07) is 0.143. The Morgan fingerprint density at radius 2 is 0.708 bits per heavy atom. The Labute approximate surface area is 447 Å². The molecule has 1 amide bonds. The number of carbonyl (C=O) groups is 4. The first-order valence-corrected chi connectivity index (χ1v) is 31.5. The minimum Gasteiger partial charge on any atom is -0.466 e. The van der Waals surface area contributed by atoms with Crippen molar-refractivity contribution in [3.05, 3.63) is 0 Å². The fourth-order valence-electron chi connectivity index (χ4n) is 10.4. The zero-order valence-electron chi connectivity index (χ0n) is 49.1. The van der Waals surface area contributed by atoms with E-state index in [4.69, 9.17) is 14.2 Å². The number of unbranched alkanes of at least 4 members (excludes halogenated alkanes) is 25. The molecule has 0 rings (SSSR count). The van der Waals surface area contributed by atoms with Crippen molar-refractivity contribution in [1.29, 1.82) is 0 Å². The van der Waals surface area contributed by atoms with Crippen molar-refractivity contribution in [3.63, 3.8) is 0 Å². The molecule has 0 aromatic carbocycles. The third kappa shape index (κ3) is 46.4. The maximum atomic E-state index is 14.1. The fourth-order valence-corrected chi connectivity index (χ4v) is 10.4. The Kier molecular flexibility index (Phi) is 52.0. The number of amides is 1. The standard InChI is InChI=1S/C63H122N2O7/c1-8-13-17-21-25-33-43-57(42-32-24-19-15-10-3)52-55-71-62(68)50-39-29-35-46-59(65(54-41-53-64(6)7)60(66)48-37-27-23-28-38-49-61(67)70-12-5)47-36-30-40-51-63(69)72-56-58(44-31-20-16-11-4)45-34-26-22-18-14-9-2/h57-59H,8-56H2,1-7H3. The summed E-state index contributed by atoms with van der Waals surface area (Å²) in [6.45, 7) is 14.1. The van der Waals surface area contributed by atoms with E-state index in [1.54, 1.807) is 0 Å². The summed E-state index contributed by atoms with van der Waals surface area (Å²) >= 11 is 0. The third-order valence-corrected chi connectivity index (χ3v) is 15.1. The second kappa shape index (κ2) is 53.7. The zero-order valence-corrected chi connectivity index (χ0v) is 49.1. The summed E-state index contributed by atoms with van der Waals surface area (Å²) in [7, 11) is 4.19. The van der Waals surface area contributed by atoms with Crippen LogP contribution in [0.3, 0.4) is 0 Å². The summed E-state index contributed by atoms with van der Waals surface area (Å²) in [4.78, 5) is 56.3. The van der Waals surface area contributed by atoms with Crippen molar-refractivity contribution in [1.82, 2.24) is 9.80 Å². The van der Waals surface area contributed by atoms with Crippen molar-refractivity contribution < 1.29 is 33.4 Å². The van der Waals surface area contributed by atoms with Crippen LogP contribution in [-0.2, 0) is 33.4 Å². The van der Waals surface area contributed by atoms with Crippen LogP contribution in [-0.4, -0.2) is 86.7 Å². The van der Waals surface area contributed by atoms with Gasteiger partial charge in [-0.2, -0.15) is 0 Å². The van der Waals surface area contributed by atoms with E-state index in [1.165, 1.54) is 148 Å². The van der Waals surface area contributed by atoms with E-state index in [2.05, 4.69) is 51.6 Å². The predicted molar refractivity (Wildman–Crippen MR) is 305 cm³/mol. The fraction of sp³-hybridized carbons (Fsp3) is 0.937. The molecular weight excluding hydrogens is 897 g/mol. The van der Waals surface area contributed by atoms with Gasteiger partial charge in [0, 0.05) is 38.3 Å². The minimum absolute atomic E-state index is 0.0567. The molecule has 0 heterocycles. The molecule has 3 unspecified atom stereocenters. The molecule has 9 nitrogen and oxygen atoms in total. The van der Waals surface area contributed by atoms with Crippen LogP contribution in [0.5, 0.6) is 0 Å². The highest BCUT2D eigenvalue weighted by Gasteiger charge is 2.23. The van der Waals surface area contributed by atoms with Crippen LogP contribution < -0.4 is 0 Å². The molecule has 0 aliphatic rings. The zero-order chi connectivity index (χ0) is 53.0. The van der Waals surface area contributed by atoms with Crippen molar-refractivity contribution >= 4 is 23.8 Å². The average molecular weight is 1020 g/mol. The van der Waals surface area contributed by atoms with E-state index in [-0.39, 0.29) is 29.9 Å². The molecular formula is C63H122N2O7. The second-order valence-corrected chi connectivity index (χ2v) is 22.3. The van der Waals surface area contributed by atoms with E-state index in [9.17, 15) is 19.2 Å². The van der Waals surface area contributed by atoms with Crippen molar-refractivity contribution in [2.24, 2.45) is 11.8 Å². The Hall–Kier alpha value is -2.16. The number of ether oxygens (including phenoxy) is 3. The lowest BCUT2D eigenvalue weighted by Gasteiger charge is -2.33. The van der Waals surface area contributed by atoms with Gasteiger partial charge in [-0.1, -0.05) is 220 Å². The SMILES string of the molecule is CCCCCCCCC(CCCCCCC)CCOC(=O)CCCCCC(CCCCCC(=O)OCC(CCCCCC)CCCCCCCC)N(CCCN(C)C)C(=O)CCCCCCCC(=O)OCC. The molecule has 0 bridgehead atoms. The van der Waals surface area contributed by atoms with Crippen LogP contribution in [0, 0.1) is 11.8 Å². The Bertz CT molecular complexity index is 1210. The van der Waals surface area contributed by atoms with Gasteiger partial charge in [-0.3, -0.25) is 19.2 Å². The average Bonchev–Trinajstić information content (AvgIpc) is 3.36. The molecule has 0 saturated heterocycles. The smallest absolute Gasteiger partial charge is 0.305 e. The van der Waals surface area contributed by atoms with E-state index in [1.807, 2.05) is 6.92 Å². The molecule has 0 aromatic rings. The van der Waals surface area contributed by atoms with Crippen molar-refractivity contribution in [2.45, 2.75) is 323 Å². The highest BCUT2D eigenvalue weighted by atomic mass is 16.5. The van der Waals surface area contributed by atoms with Gasteiger partial charge in [0.2, 0.25) is 5.91 Å². The van der Waals surface area contributed by atoms with Crippen LogP contribution in [0.2, 0.25) is 0 Å². The lowest BCUT2D eigenvalue weighted by molar-refractivity contribution is -0.145. The molecule has 0 radical (unpaired) electrons. The summed E-state index contributed by atoms with van der Waals surface area (Å²) in [5, 5.41) is 0. The minimum atomic E-state index is -0.121. The van der Waals surface area contributed by atoms with Gasteiger partial charge in [0.15, 0.2) is 0 Å². The highest BCUT2D eigenvalue weighted by Crippen LogP contribution is 2.25. The molecule has 426 valence electrons. The van der Waals surface area contributed by atoms with E-state index in [0.29, 0.717) is 57.3 Å². The van der Waals surface area contributed by atoms with E-state index in [0.717, 1.165) is 122 Å². The summed E-state index contributed by atoms with van der Waals surface area (Å²) < 4.78 is 16.9. The molecule has 0 aromatic heterocycles. The Balaban J connectivity index is 5.42. The molecule has 3 atom stereocenters. The van der Waals surface area contributed by atoms with Gasteiger partial charge in [-0.05, 0) is 104 Å². The van der Waals surface area contributed by atoms with Gasteiger partial charge in [0.05, 0.1) is 19.8 Å². The van der Waals surface area contributed by atoms with Crippen LogP contribution in [0.4, 0.5) is 0 Å². The normalized spacial score (nSPS) is 12.8. The summed E-state index contributed by atoms with van der Waals surface area (Å²) in [5.74, 6) is 1.14. The number of nitrogens with zero attached hydrogens (tertiary/aromatic N) is 2. The predicted octanol–water partition coefficient (Wildman–Crippen LogP) is 17.9. The third-order valence-electron chi connectivity index (χ3n) is 15.1. The number of rotatable bonds is 56. The summed E-state index contributed by atoms with van der Waals surface area (Å²) in [5.41, 5.74) is 0. The van der Waals surface area contributed by atoms with Crippen LogP contribution >= 0.6 is 0 Å². The first-order valence-electron chi connectivity index (χ1n) is 31.5. The van der Waals surface area contributed by atoms with Crippen LogP contribution in [0.1, 0.15) is 317 Å². The maximum absolute atomic E-state index is 14.1. The quantitative estimate of drug-likeness (QED) is 0.0337. The maximum Gasteiger partial charge on any atom is 0.305 e. The topological polar surface area (TPSA) is 102 Å². The Morgan fingerprint density at radius 1 is 0.347 bits per heavy atom. The molecule has 0 aliphatic carbocycles. The molecule has 0 N–H and O–H groups in total. The van der Waals surface area contributed by atoms with Gasteiger partial charge in [0.1, 0.15) is 0 Å². The first-order chi connectivity index (χ1) is 35.1. The van der Waals surface area contributed by atoms with Gasteiger partial charge < -0.3 is 24.0 Å². The molecule has 72 heavy (non-hydrogen) atoms. The van der Waals surface area contributed by atoms with Crippen LogP contribution in [0.25, 0.3) is 0 Å². The van der Waals surface area contributed by atoms with Crippen LogP contribution in [0.15, 0.2) is 0 Å². The number of hydrogen-bond acceptors (Lipinski definition) is 8. The lowest BCUT2D eigenvalue weighted by atomic mass is 9.92. The number of carbonyl (C=O) groups excluding carboxylic acids is 4. The van der Waals surface area contributed by atoms with Gasteiger partial charge >= 0.3 is 17.9 Å². The molecule has 0 saturated carbocycles. The van der Waals surface area contributed by atoms with Gasteiger partial charge in [-0.15, -0.1) is 0 Å². The van der Waals surface area contributed by atoms with Gasteiger partial charge in [-0.25, -0.2) is 0 Å². The Morgan fingerprint density at radius 3 is 1.17 bits per heavy atom. The lowest BCUT2D eigenvalue weighted by Crippen LogP contribution is -2.41. The largest absolute Gasteiger partial charge is 0.466 e. The summed E-state index contributed by atoms with van der Waals surface area (Å²) in [6.07, 6.45) is 47.9. The van der Waals surface area contributed by atoms with Crippen molar-refractivity contribution in [3.8, 4) is 0 Å².